The second-order valence-electron chi connectivity index (χ2n) is 11.3. The number of carbonyl (C=O) groups excluding carboxylic acids is 2. The summed E-state index contributed by atoms with van der Waals surface area (Å²) in [5, 5.41) is 14.7. The molecule has 0 aliphatic carbocycles. The van der Waals surface area contributed by atoms with Crippen molar-refractivity contribution < 1.29 is 14.8 Å². The van der Waals surface area contributed by atoms with Gasteiger partial charge in [-0.1, -0.05) is 121 Å². The molecule has 0 saturated carbocycles. The Bertz CT molecular complexity index is 851. The minimum Gasteiger partial charge on any atom is -0.409 e. The fourth-order valence-electron chi connectivity index (χ4n) is 5.29. The van der Waals surface area contributed by atoms with Crippen LogP contribution >= 0.6 is 0 Å². The van der Waals surface area contributed by atoms with Crippen molar-refractivity contribution in [1.29, 1.82) is 0 Å². The maximum atomic E-state index is 12.8. The number of nitrogens with two attached hydrogens (primary N) is 1. The van der Waals surface area contributed by atoms with Gasteiger partial charge in [0.15, 0.2) is 0 Å². The van der Waals surface area contributed by atoms with Crippen molar-refractivity contribution in [1.82, 2.24) is 15.1 Å². The summed E-state index contributed by atoms with van der Waals surface area (Å²) in [4.78, 5) is 29.0. The Morgan fingerprint density at radius 3 is 1.68 bits per heavy atom. The Hall–Kier alpha value is -2.77. The maximum absolute atomic E-state index is 12.8. The van der Waals surface area contributed by atoms with E-state index in [0.29, 0.717) is 44.7 Å². The van der Waals surface area contributed by atoms with E-state index in [1.807, 2.05) is 12.1 Å². The molecule has 1 saturated heterocycles. The van der Waals surface area contributed by atoms with E-state index in [1.165, 1.54) is 96.3 Å². The summed E-state index contributed by atoms with van der Waals surface area (Å²) in [6.45, 7) is 5.12. The Labute approximate surface area is 242 Å². The molecular formula is C32H55N5O3. The maximum Gasteiger partial charge on any atom is 0.317 e. The number of carbonyl (C=O) groups is 2. The highest BCUT2D eigenvalue weighted by Gasteiger charge is 2.24. The van der Waals surface area contributed by atoms with Gasteiger partial charge in [-0.25, -0.2) is 4.79 Å². The van der Waals surface area contributed by atoms with E-state index >= 15 is 0 Å². The number of urea groups is 1. The molecule has 3 amide bonds. The zero-order valence-corrected chi connectivity index (χ0v) is 25.0. The summed E-state index contributed by atoms with van der Waals surface area (Å²) >= 11 is 0. The molecule has 8 heteroatoms. The number of nitrogens with one attached hydrogen (secondary N) is 1. The SMILES string of the molecule is CCCCCCCCCCCCCCCCCCNC(=O)N1CCN(C(=O)c2ccc(C/C(N)=N/O)cc2)CC1. The molecule has 1 aromatic rings. The zero-order valence-electron chi connectivity index (χ0n) is 25.0. The monoisotopic (exact) mass is 557 g/mol. The van der Waals surface area contributed by atoms with E-state index < -0.39 is 0 Å². The molecule has 0 unspecified atom stereocenters. The van der Waals surface area contributed by atoms with Gasteiger partial charge in [-0.3, -0.25) is 4.79 Å². The van der Waals surface area contributed by atoms with Crippen LogP contribution < -0.4 is 11.1 Å². The average molecular weight is 558 g/mol. The second kappa shape index (κ2) is 21.0. The first-order chi connectivity index (χ1) is 19.5. The molecule has 1 fully saturated rings. The van der Waals surface area contributed by atoms with Crippen LogP contribution in [0.3, 0.4) is 0 Å². The topological polar surface area (TPSA) is 111 Å². The van der Waals surface area contributed by atoms with E-state index in [1.54, 1.807) is 21.9 Å². The highest BCUT2D eigenvalue weighted by Crippen LogP contribution is 2.14. The Balaban J connectivity index is 1.44. The van der Waals surface area contributed by atoms with Crippen molar-refractivity contribution in [2.75, 3.05) is 32.7 Å². The predicted molar refractivity (Wildman–Crippen MR) is 164 cm³/mol. The van der Waals surface area contributed by atoms with Crippen LogP contribution in [0.1, 0.15) is 126 Å². The number of hydrogen-bond acceptors (Lipinski definition) is 4. The number of rotatable bonds is 20. The van der Waals surface area contributed by atoms with Gasteiger partial charge in [-0.15, -0.1) is 0 Å². The molecule has 2 rings (SSSR count). The first-order valence-corrected chi connectivity index (χ1v) is 15.9. The Kier molecular flexibility index (Phi) is 17.6. The number of unbranched alkanes of at least 4 members (excludes halogenated alkanes) is 15. The van der Waals surface area contributed by atoms with E-state index in [0.717, 1.165) is 12.0 Å². The molecule has 0 atom stereocenters. The van der Waals surface area contributed by atoms with Gasteiger partial charge < -0.3 is 26.1 Å². The lowest BCUT2D eigenvalue weighted by molar-refractivity contribution is 0.0665. The summed E-state index contributed by atoms with van der Waals surface area (Å²) < 4.78 is 0. The van der Waals surface area contributed by atoms with Crippen LogP contribution in [0.15, 0.2) is 29.4 Å². The van der Waals surface area contributed by atoms with Crippen LogP contribution in [0.25, 0.3) is 0 Å². The van der Waals surface area contributed by atoms with Gasteiger partial charge >= 0.3 is 6.03 Å². The quantitative estimate of drug-likeness (QED) is 0.0544. The third-order valence-corrected chi connectivity index (χ3v) is 7.88. The van der Waals surface area contributed by atoms with Gasteiger partial charge in [-0.05, 0) is 24.1 Å². The van der Waals surface area contributed by atoms with E-state index in [9.17, 15) is 9.59 Å². The fourth-order valence-corrected chi connectivity index (χ4v) is 5.29. The number of benzene rings is 1. The minimum absolute atomic E-state index is 0.0273. The van der Waals surface area contributed by atoms with Crippen molar-refractivity contribution in [3.8, 4) is 0 Å². The smallest absolute Gasteiger partial charge is 0.317 e. The zero-order chi connectivity index (χ0) is 28.8. The van der Waals surface area contributed by atoms with E-state index in [2.05, 4.69) is 17.4 Å². The summed E-state index contributed by atoms with van der Waals surface area (Å²) in [7, 11) is 0. The van der Waals surface area contributed by atoms with Gasteiger partial charge in [0.25, 0.3) is 5.91 Å². The molecule has 0 radical (unpaired) electrons. The number of oxime groups is 1. The summed E-state index contributed by atoms with van der Waals surface area (Å²) in [5.41, 5.74) is 7.02. The van der Waals surface area contributed by atoms with Crippen molar-refractivity contribution in [3.63, 3.8) is 0 Å². The van der Waals surface area contributed by atoms with Gasteiger partial charge in [0, 0.05) is 44.7 Å². The van der Waals surface area contributed by atoms with Crippen LogP contribution in [0.4, 0.5) is 4.79 Å². The molecule has 1 heterocycles. The fraction of sp³-hybridized carbons (Fsp3) is 0.719. The van der Waals surface area contributed by atoms with Crippen molar-refractivity contribution >= 4 is 17.8 Å². The molecule has 0 spiro atoms. The first kappa shape index (κ1) is 33.4. The number of piperazine rings is 1. The van der Waals surface area contributed by atoms with E-state index in [-0.39, 0.29) is 17.8 Å². The molecule has 1 aliphatic heterocycles. The van der Waals surface area contributed by atoms with Crippen molar-refractivity contribution in [2.24, 2.45) is 10.9 Å². The molecule has 8 nitrogen and oxygen atoms in total. The summed E-state index contributed by atoms with van der Waals surface area (Å²) in [6, 6.07) is 7.13. The molecule has 0 aromatic heterocycles. The highest BCUT2D eigenvalue weighted by molar-refractivity contribution is 5.94. The molecule has 1 aromatic carbocycles. The van der Waals surface area contributed by atoms with Crippen LogP contribution in [-0.4, -0.2) is 65.5 Å². The van der Waals surface area contributed by atoms with Gasteiger partial charge in [-0.2, -0.15) is 0 Å². The van der Waals surface area contributed by atoms with Crippen molar-refractivity contribution in [2.45, 2.75) is 116 Å². The Morgan fingerprint density at radius 1 is 0.750 bits per heavy atom. The largest absolute Gasteiger partial charge is 0.409 e. The predicted octanol–water partition coefficient (Wildman–Crippen LogP) is 6.70. The van der Waals surface area contributed by atoms with Gasteiger partial charge in [0.05, 0.1) is 0 Å². The van der Waals surface area contributed by atoms with Crippen molar-refractivity contribution in [3.05, 3.63) is 35.4 Å². The normalized spacial score (nSPS) is 14.0. The highest BCUT2D eigenvalue weighted by atomic mass is 16.4. The number of amidine groups is 1. The van der Waals surface area contributed by atoms with Crippen LogP contribution in [-0.2, 0) is 6.42 Å². The molecular weight excluding hydrogens is 502 g/mol. The molecule has 40 heavy (non-hydrogen) atoms. The lowest BCUT2D eigenvalue weighted by atomic mass is 10.0. The molecule has 226 valence electrons. The molecule has 4 N–H and O–H groups in total. The van der Waals surface area contributed by atoms with Crippen LogP contribution in [0.5, 0.6) is 0 Å². The van der Waals surface area contributed by atoms with Crippen LogP contribution in [0.2, 0.25) is 0 Å². The number of hydrogen-bond donors (Lipinski definition) is 3. The Morgan fingerprint density at radius 2 is 1.20 bits per heavy atom. The van der Waals surface area contributed by atoms with E-state index in [4.69, 9.17) is 10.9 Å². The second-order valence-corrected chi connectivity index (χ2v) is 11.3. The summed E-state index contributed by atoms with van der Waals surface area (Å²) in [6.07, 6.45) is 21.8. The molecule has 1 aliphatic rings. The van der Waals surface area contributed by atoms with Crippen LogP contribution in [0, 0.1) is 0 Å². The third-order valence-electron chi connectivity index (χ3n) is 7.88. The summed E-state index contributed by atoms with van der Waals surface area (Å²) in [5.74, 6) is 0.0897. The lowest BCUT2D eigenvalue weighted by Crippen LogP contribution is -2.53. The minimum atomic E-state index is -0.0384. The van der Waals surface area contributed by atoms with Gasteiger partial charge in [0.2, 0.25) is 0 Å². The van der Waals surface area contributed by atoms with Gasteiger partial charge in [0.1, 0.15) is 5.84 Å². The number of amides is 3. The molecule has 0 bridgehead atoms. The standard InChI is InChI=1S/C32H55N5O3/c1-2-3-4-5-6-7-8-9-10-11-12-13-14-15-16-17-22-34-32(39)37-25-23-36(24-26-37)31(38)29-20-18-28(19-21-29)27-30(33)35-40/h18-21,40H,2-17,22-27H2,1H3,(H2,33,35)(H,34,39). The number of nitrogens with zero attached hydrogens (tertiary/aromatic N) is 3. The first-order valence-electron chi connectivity index (χ1n) is 15.9. The average Bonchev–Trinajstić information content (AvgIpc) is 2.98. The lowest BCUT2D eigenvalue weighted by Gasteiger charge is -2.34. The third kappa shape index (κ3) is 14.0.